The van der Waals surface area contributed by atoms with Gasteiger partial charge in [-0.1, -0.05) is 44.2 Å². The first kappa shape index (κ1) is 31.8. The van der Waals surface area contributed by atoms with E-state index in [0.717, 1.165) is 50.5 Å². The summed E-state index contributed by atoms with van der Waals surface area (Å²) in [6.07, 6.45) is 9.58. The molecule has 1 amide bonds. The minimum absolute atomic E-state index is 0.0240. The van der Waals surface area contributed by atoms with E-state index in [9.17, 15) is 22.4 Å². The number of oxazole rings is 1. The van der Waals surface area contributed by atoms with Gasteiger partial charge in [0.05, 0.1) is 16.6 Å². The number of alkyl halides is 1. The van der Waals surface area contributed by atoms with E-state index in [1.54, 1.807) is 26.0 Å². The standard InChI is InChI=1S/C33H46FN3O5S/c1-21-22(2)42-31(36-21)20-43(40,41)27-14-8-23(9-15-27)18-30(38)32-28(24-6-4-3-5-7-24)16-17-37(32)33(39)26-12-10-25(11-13-26)29(35)19-34/h8-9,14-15,24-26,28-29,32H,3-7,10-13,16-20,35H2,1-2H3/t25?,26?,28-,29+,32-/m0/s1. The van der Waals surface area contributed by atoms with Gasteiger partial charge in [-0.05, 0) is 81.4 Å². The van der Waals surface area contributed by atoms with Gasteiger partial charge < -0.3 is 15.1 Å². The number of nitrogens with two attached hydrogens (primary N) is 1. The number of aryl methyl sites for hydroxylation is 2. The van der Waals surface area contributed by atoms with E-state index in [0.29, 0.717) is 36.8 Å². The molecule has 2 saturated carbocycles. The fraction of sp³-hybridized carbons (Fsp3) is 0.667. The highest BCUT2D eigenvalue weighted by molar-refractivity contribution is 7.90. The maximum Gasteiger partial charge on any atom is 0.226 e. The molecule has 2 heterocycles. The predicted octanol–water partition coefficient (Wildman–Crippen LogP) is 5.28. The van der Waals surface area contributed by atoms with Crippen LogP contribution in [0.25, 0.3) is 0 Å². The quantitative estimate of drug-likeness (QED) is 0.386. The predicted molar refractivity (Wildman–Crippen MR) is 162 cm³/mol. The second kappa shape index (κ2) is 13.6. The number of hydrogen-bond donors (Lipinski definition) is 1. The van der Waals surface area contributed by atoms with Gasteiger partial charge in [-0.15, -0.1) is 0 Å². The lowest BCUT2D eigenvalue weighted by Gasteiger charge is -2.37. The minimum Gasteiger partial charge on any atom is -0.445 e. The minimum atomic E-state index is -3.67. The summed E-state index contributed by atoms with van der Waals surface area (Å²) in [5.74, 6) is 1.06. The Balaban J connectivity index is 1.29. The summed E-state index contributed by atoms with van der Waals surface area (Å²) in [7, 11) is -3.67. The molecule has 2 aliphatic carbocycles. The molecule has 3 atom stereocenters. The zero-order chi connectivity index (χ0) is 30.7. The zero-order valence-corrected chi connectivity index (χ0v) is 26.3. The Labute approximate surface area is 254 Å². The highest BCUT2D eigenvalue weighted by atomic mass is 32.2. The molecular formula is C33H46FN3O5S. The van der Waals surface area contributed by atoms with Gasteiger partial charge in [0.1, 0.15) is 18.2 Å². The Kier molecular flexibility index (Phi) is 10.1. The third-order valence-corrected chi connectivity index (χ3v) is 11.9. The van der Waals surface area contributed by atoms with Gasteiger partial charge in [0, 0.05) is 24.9 Å². The summed E-state index contributed by atoms with van der Waals surface area (Å²) in [4.78, 5) is 34.1. The number of ketones is 1. The van der Waals surface area contributed by atoms with Crippen molar-refractivity contribution >= 4 is 21.5 Å². The normalized spacial score (nSPS) is 26.0. The number of nitrogens with zero attached hydrogens (tertiary/aromatic N) is 2. The first-order chi connectivity index (χ1) is 20.6. The van der Waals surface area contributed by atoms with Gasteiger partial charge in [-0.2, -0.15) is 0 Å². The fourth-order valence-electron chi connectivity index (χ4n) is 7.65. The van der Waals surface area contributed by atoms with E-state index in [1.807, 2.05) is 4.90 Å². The van der Waals surface area contributed by atoms with Crippen molar-refractivity contribution in [2.24, 2.45) is 29.4 Å². The van der Waals surface area contributed by atoms with Gasteiger partial charge in [0.25, 0.3) is 0 Å². The molecule has 3 fully saturated rings. The van der Waals surface area contributed by atoms with Crippen LogP contribution in [-0.2, 0) is 31.6 Å². The molecule has 0 radical (unpaired) electrons. The van der Waals surface area contributed by atoms with Crippen molar-refractivity contribution in [2.75, 3.05) is 13.2 Å². The molecule has 1 aliphatic heterocycles. The molecule has 0 unspecified atom stereocenters. The smallest absolute Gasteiger partial charge is 0.226 e. The van der Waals surface area contributed by atoms with Crippen LogP contribution in [0.1, 0.15) is 87.1 Å². The summed E-state index contributed by atoms with van der Waals surface area (Å²) >= 11 is 0. The lowest BCUT2D eigenvalue weighted by atomic mass is 9.75. The number of Topliss-reactive ketones (excluding diaryl/α,β-unsaturated/α-hetero) is 1. The molecule has 5 rings (SSSR count). The molecule has 0 spiro atoms. The Bertz CT molecular complexity index is 1360. The van der Waals surface area contributed by atoms with Crippen LogP contribution in [0.2, 0.25) is 0 Å². The number of halogens is 1. The SMILES string of the molecule is Cc1nc(CS(=O)(=O)c2ccc(CC(=O)[C@@H]3[C@H](C4CCCCC4)CCN3C(=O)C3CCC([C@H](N)CF)CC3)cc2)oc1C. The van der Waals surface area contributed by atoms with E-state index < -0.39 is 28.6 Å². The van der Waals surface area contributed by atoms with E-state index in [4.69, 9.17) is 10.2 Å². The summed E-state index contributed by atoms with van der Waals surface area (Å²) in [6, 6.07) is 5.55. The van der Waals surface area contributed by atoms with Gasteiger partial charge in [0.15, 0.2) is 15.6 Å². The second-order valence-corrected chi connectivity index (χ2v) is 15.0. The monoisotopic (exact) mass is 615 g/mol. The molecule has 2 N–H and O–H groups in total. The number of benzene rings is 1. The van der Waals surface area contributed by atoms with Gasteiger partial charge in [-0.3, -0.25) is 9.59 Å². The summed E-state index contributed by atoms with van der Waals surface area (Å²) in [6.45, 7) is 3.57. The topological polar surface area (TPSA) is 124 Å². The van der Waals surface area contributed by atoms with Crippen LogP contribution in [0, 0.1) is 37.5 Å². The number of sulfone groups is 1. The number of rotatable bonds is 10. The third-order valence-electron chi connectivity index (χ3n) is 10.3. The molecule has 2 aromatic rings. The van der Waals surface area contributed by atoms with E-state index in [1.165, 1.54) is 18.6 Å². The Morgan fingerprint density at radius 2 is 1.70 bits per heavy atom. The number of carbonyl (C=O) groups excluding carboxylic acids is 2. The number of amides is 1. The van der Waals surface area contributed by atoms with E-state index >= 15 is 0 Å². The van der Waals surface area contributed by atoms with Crippen LogP contribution in [0.5, 0.6) is 0 Å². The largest absolute Gasteiger partial charge is 0.445 e. The first-order valence-electron chi connectivity index (χ1n) is 16.0. The van der Waals surface area contributed by atoms with Crippen molar-refractivity contribution in [3.8, 4) is 0 Å². The van der Waals surface area contributed by atoms with E-state index in [-0.39, 0.29) is 52.4 Å². The lowest BCUT2D eigenvalue weighted by molar-refractivity contribution is -0.143. The second-order valence-electron chi connectivity index (χ2n) is 13.1. The molecule has 1 saturated heterocycles. The first-order valence-corrected chi connectivity index (χ1v) is 17.6. The molecule has 3 aliphatic rings. The van der Waals surface area contributed by atoms with Gasteiger partial charge >= 0.3 is 0 Å². The number of carbonyl (C=O) groups is 2. The Morgan fingerprint density at radius 3 is 2.30 bits per heavy atom. The van der Waals surface area contributed by atoms with Gasteiger partial charge in [0.2, 0.25) is 11.8 Å². The summed E-state index contributed by atoms with van der Waals surface area (Å²) < 4.78 is 44.6. The average molecular weight is 616 g/mol. The molecule has 1 aromatic carbocycles. The highest BCUT2D eigenvalue weighted by Gasteiger charge is 2.46. The average Bonchev–Trinajstić information content (AvgIpc) is 3.59. The van der Waals surface area contributed by atoms with Crippen LogP contribution in [0.3, 0.4) is 0 Å². The summed E-state index contributed by atoms with van der Waals surface area (Å²) in [5.41, 5.74) is 7.34. The van der Waals surface area contributed by atoms with Crippen molar-refractivity contribution in [1.29, 1.82) is 0 Å². The highest BCUT2D eigenvalue weighted by Crippen LogP contribution is 2.41. The zero-order valence-electron chi connectivity index (χ0n) is 25.5. The maximum absolute atomic E-state index is 14.0. The fourth-order valence-corrected chi connectivity index (χ4v) is 8.82. The van der Waals surface area contributed by atoms with Crippen molar-refractivity contribution < 1.29 is 26.8 Å². The number of likely N-dealkylation sites (tertiary alicyclic amines) is 1. The number of hydrogen-bond acceptors (Lipinski definition) is 7. The van der Waals surface area contributed by atoms with Crippen LogP contribution in [-0.4, -0.2) is 55.3 Å². The van der Waals surface area contributed by atoms with Gasteiger partial charge in [-0.25, -0.2) is 17.8 Å². The molecule has 8 nitrogen and oxygen atoms in total. The molecular weight excluding hydrogens is 569 g/mol. The molecule has 1 aromatic heterocycles. The van der Waals surface area contributed by atoms with Crippen LogP contribution < -0.4 is 5.73 Å². The van der Waals surface area contributed by atoms with Crippen LogP contribution >= 0.6 is 0 Å². The third kappa shape index (κ3) is 7.22. The molecule has 0 bridgehead atoms. The summed E-state index contributed by atoms with van der Waals surface area (Å²) in [5, 5.41) is 0. The maximum atomic E-state index is 14.0. The van der Waals surface area contributed by atoms with Crippen LogP contribution in [0.15, 0.2) is 33.6 Å². The lowest BCUT2D eigenvalue weighted by Crippen LogP contribution is -2.48. The Hall–Kier alpha value is -2.59. The van der Waals surface area contributed by atoms with Crippen LogP contribution in [0.4, 0.5) is 4.39 Å². The van der Waals surface area contributed by atoms with E-state index in [2.05, 4.69) is 4.98 Å². The van der Waals surface area contributed by atoms with Crippen molar-refractivity contribution in [3.63, 3.8) is 0 Å². The Morgan fingerprint density at radius 1 is 1.02 bits per heavy atom. The molecule has 10 heteroatoms. The van der Waals surface area contributed by atoms with Crippen molar-refractivity contribution in [2.45, 2.75) is 107 Å². The molecule has 236 valence electrons. The number of aromatic nitrogens is 1. The van der Waals surface area contributed by atoms with Crippen molar-refractivity contribution in [3.05, 3.63) is 47.2 Å². The molecule has 43 heavy (non-hydrogen) atoms. The van der Waals surface area contributed by atoms with Crippen molar-refractivity contribution in [1.82, 2.24) is 9.88 Å².